The van der Waals surface area contributed by atoms with E-state index in [2.05, 4.69) is 5.10 Å². The summed E-state index contributed by atoms with van der Waals surface area (Å²) in [7, 11) is -0.355. The van der Waals surface area contributed by atoms with Crippen molar-refractivity contribution in [1.29, 1.82) is 0 Å². The summed E-state index contributed by atoms with van der Waals surface area (Å²) < 4.78 is 76.4. The molecular weight excluding hydrogens is 586 g/mol. The monoisotopic (exact) mass is 609 g/mol. The largest absolute Gasteiger partial charge is 0.488 e. The molecule has 2 amide bonds. The van der Waals surface area contributed by atoms with Crippen LogP contribution in [0.2, 0.25) is 0 Å². The van der Waals surface area contributed by atoms with Gasteiger partial charge >= 0.3 is 6.18 Å². The zero-order chi connectivity index (χ0) is 29.5. The van der Waals surface area contributed by atoms with Crippen molar-refractivity contribution in [2.45, 2.75) is 17.0 Å². The number of benzene rings is 2. The van der Waals surface area contributed by atoms with Gasteiger partial charge in [0, 0.05) is 38.6 Å². The molecule has 0 radical (unpaired) electrons. The highest BCUT2D eigenvalue weighted by Gasteiger charge is 2.38. The third-order valence-electron chi connectivity index (χ3n) is 6.50. The molecule has 2 N–H and O–H groups in total. The number of ether oxygens (including phenoxy) is 1. The van der Waals surface area contributed by atoms with Crippen LogP contribution in [-0.2, 0) is 30.8 Å². The molecule has 3 heterocycles. The number of fused-ring (bicyclic) bond motifs is 1. The van der Waals surface area contributed by atoms with Gasteiger partial charge in [-0.25, -0.2) is 12.9 Å². The zero-order valence-electron chi connectivity index (χ0n) is 21.5. The molecule has 0 saturated carbocycles. The number of aryl methyl sites for hydroxylation is 1. The van der Waals surface area contributed by atoms with E-state index in [9.17, 15) is 31.4 Å². The number of nitrogens with zero attached hydrogens (tertiary/aromatic N) is 4. The van der Waals surface area contributed by atoms with Gasteiger partial charge in [0.15, 0.2) is 5.69 Å². The number of hydrogen-bond acceptors (Lipinski definition) is 6. The number of thiophene rings is 1. The number of piperazine rings is 1. The van der Waals surface area contributed by atoms with Crippen molar-refractivity contribution < 1.29 is 36.1 Å². The minimum absolute atomic E-state index is 0.0433. The summed E-state index contributed by atoms with van der Waals surface area (Å²) in [6, 6.07) is 11.6. The number of hydrogen-bond donors (Lipinski definition) is 1. The fourth-order valence-electron chi connectivity index (χ4n) is 4.45. The van der Waals surface area contributed by atoms with E-state index in [4.69, 9.17) is 10.5 Å². The Kier molecular flexibility index (Phi) is 7.85. The van der Waals surface area contributed by atoms with Crippen molar-refractivity contribution >= 4 is 44.4 Å². The number of alkyl halides is 3. The molecule has 0 spiro atoms. The van der Waals surface area contributed by atoms with E-state index in [-0.39, 0.29) is 64.1 Å². The Morgan fingerprint density at radius 1 is 1.07 bits per heavy atom. The van der Waals surface area contributed by atoms with Gasteiger partial charge in [0.1, 0.15) is 38.2 Å². The Bertz CT molecular complexity index is 1660. The van der Waals surface area contributed by atoms with Gasteiger partial charge in [0.2, 0.25) is 0 Å². The van der Waals surface area contributed by atoms with Crippen molar-refractivity contribution in [2.75, 3.05) is 26.2 Å². The Morgan fingerprint density at radius 3 is 2.46 bits per heavy atom. The second kappa shape index (κ2) is 11.2. The summed E-state index contributed by atoms with van der Waals surface area (Å²) >= 11 is 0.966. The lowest BCUT2D eigenvalue weighted by atomic mass is 10.1. The fourth-order valence-corrected chi connectivity index (χ4v) is 7.06. The van der Waals surface area contributed by atoms with Gasteiger partial charge in [-0.15, -0.1) is 11.3 Å². The highest BCUT2D eigenvalue weighted by Crippen LogP contribution is 2.38. The molecule has 2 aromatic carbocycles. The van der Waals surface area contributed by atoms with Crippen LogP contribution in [0.5, 0.6) is 5.75 Å². The van der Waals surface area contributed by atoms with Crippen LogP contribution in [-0.4, -0.2) is 61.2 Å². The second-order valence-corrected chi connectivity index (χ2v) is 11.9. The summed E-state index contributed by atoms with van der Waals surface area (Å²) in [5.74, 6) is -1.69. The van der Waals surface area contributed by atoms with Gasteiger partial charge in [-0.05, 0) is 35.9 Å². The molecule has 216 valence electrons. The first-order chi connectivity index (χ1) is 19.4. The lowest BCUT2D eigenvalue weighted by Crippen LogP contribution is -2.49. The molecule has 1 unspecified atom stereocenters. The molecule has 1 aliphatic heterocycles. The molecule has 1 saturated heterocycles. The number of halogens is 4. The van der Waals surface area contributed by atoms with Crippen molar-refractivity contribution in [1.82, 2.24) is 19.0 Å². The minimum Gasteiger partial charge on any atom is -0.488 e. The molecule has 1 aliphatic rings. The predicted molar refractivity (Wildman–Crippen MR) is 143 cm³/mol. The lowest BCUT2D eigenvalue weighted by Gasteiger charge is -2.33. The fraction of sp³-hybridized carbons (Fsp3) is 0.269. The first kappa shape index (κ1) is 28.7. The molecule has 0 aliphatic carbocycles. The van der Waals surface area contributed by atoms with E-state index in [1.165, 1.54) is 36.2 Å². The quantitative estimate of drug-likeness (QED) is 0.319. The average molecular weight is 610 g/mol. The van der Waals surface area contributed by atoms with E-state index < -0.39 is 40.5 Å². The van der Waals surface area contributed by atoms with Crippen LogP contribution in [0.4, 0.5) is 17.6 Å². The van der Waals surface area contributed by atoms with Crippen LogP contribution < -0.4 is 10.5 Å². The first-order valence-corrected chi connectivity index (χ1v) is 14.2. The standard InChI is InChI=1S/C26H23F4N5O4S2/c1-33-25-18(22(32-33)26(28,29)30)13-21(40-25)41(38)35-10-8-34(9-11-35)24(37)17-12-15(6-7-19(17)27)14-39-20-5-3-2-4-16(20)23(31)36/h2-7,12-13H,8-11,14H2,1H3,(H2,31,36). The van der Waals surface area contributed by atoms with Crippen LogP contribution in [0, 0.1) is 5.82 Å². The second-order valence-electron chi connectivity index (χ2n) is 9.19. The Balaban J connectivity index is 1.24. The van der Waals surface area contributed by atoms with Gasteiger partial charge in [-0.3, -0.25) is 14.3 Å². The van der Waals surface area contributed by atoms with E-state index in [0.717, 1.165) is 22.1 Å². The molecule has 9 nitrogen and oxygen atoms in total. The normalized spacial score (nSPS) is 15.3. The number of nitrogens with two attached hydrogens (primary N) is 1. The van der Waals surface area contributed by atoms with Crippen LogP contribution >= 0.6 is 11.3 Å². The van der Waals surface area contributed by atoms with E-state index >= 15 is 0 Å². The third kappa shape index (κ3) is 5.83. The summed E-state index contributed by atoms with van der Waals surface area (Å²) in [5, 5.41) is 3.42. The third-order valence-corrected chi connectivity index (χ3v) is 9.47. The zero-order valence-corrected chi connectivity index (χ0v) is 23.1. The number of aromatic nitrogens is 2. The number of primary amides is 1. The maximum absolute atomic E-state index is 14.7. The molecule has 15 heteroatoms. The Labute approximate surface area is 237 Å². The molecule has 1 fully saturated rings. The molecule has 0 bridgehead atoms. The van der Waals surface area contributed by atoms with E-state index in [0.29, 0.717) is 5.56 Å². The van der Waals surface area contributed by atoms with Gasteiger partial charge in [-0.2, -0.15) is 18.3 Å². The van der Waals surface area contributed by atoms with Crippen LogP contribution in [0.1, 0.15) is 32.0 Å². The molecule has 41 heavy (non-hydrogen) atoms. The van der Waals surface area contributed by atoms with Crippen LogP contribution in [0.3, 0.4) is 0 Å². The highest BCUT2D eigenvalue weighted by molar-refractivity contribution is 7.85. The number of para-hydroxylation sites is 1. The average Bonchev–Trinajstić information content (AvgIpc) is 3.52. The Morgan fingerprint density at radius 2 is 1.78 bits per heavy atom. The summed E-state index contributed by atoms with van der Waals surface area (Å²) in [6.07, 6.45) is -4.64. The molecule has 5 rings (SSSR count). The van der Waals surface area contributed by atoms with Crippen molar-refractivity contribution in [3.8, 4) is 5.75 Å². The maximum Gasteiger partial charge on any atom is 0.435 e. The lowest BCUT2D eigenvalue weighted by molar-refractivity contribution is -0.140. The van der Waals surface area contributed by atoms with Gasteiger partial charge in [0.25, 0.3) is 11.8 Å². The van der Waals surface area contributed by atoms with Crippen LogP contribution in [0.15, 0.2) is 52.7 Å². The van der Waals surface area contributed by atoms with E-state index in [1.807, 2.05) is 0 Å². The number of amides is 2. The number of carbonyl (C=O) groups excluding carboxylic acids is 2. The SMILES string of the molecule is Cn1nc(C(F)(F)F)c2cc(S(=O)N3CCN(C(=O)c4cc(COc5ccccc5C(N)=O)ccc4F)CC3)sc21. The topological polar surface area (TPSA) is 111 Å². The minimum atomic E-state index is -4.64. The summed E-state index contributed by atoms with van der Waals surface area (Å²) in [5.41, 5.74) is 4.85. The van der Waals surface area contributed by atoms with Crippen molar-refractivity contribution in [3.05, 3.63) is 76.7 Å². The van der Waals surface area contributed by atoms with Gasteiger partial charge in [0.05, 0.1) is 11.1 Å². The summed E-state index contributed by atoms with van der Waals surface area (Å²) in [6.45, 7) is 0.572. The Hall–Kier alpha value is -3.82. The maximum atomic E-state index is 14.7. The summed E-state index contributed by atoms with van der Waals surface area (Å²) in [4.78, 5) is 26.5. The molecule has 1 atom stereocenters. The van der Waals surface area contributed by atoms with Gasteiger partial charge in [-0.1, -0.05) is 18.2 Å². The first-order valence-electron chi connectivity index (χ1n) is 12.2. The molecule has 4 aromatic rings. The number of carbonyl (C=O) groups is 2. The molecular formula is C26H23F4N5O4S2. The smallest absolute Gasteiger partial charge is 0.435 e. The van der Waals surface area contributed by atoms with E-state index in [1.54, 1.807) is 22.5 Å². The highest BCUT2D eigenvalue weighted by atomic mass is 32.2. The molecule has 2 aromatic heterocycles. The number of rotatable bonds is 7. The van der Waals surface area contributed by atoms with Crippen molar-refractivity contribution in [2.24, 2.45) is 12.8 Å². The van der Waals surface area contributed by atoms with Gasteiger partial charge < -0.3 is 15.4 Å². The van der Waals surface area contributed by atoms with Crippen molar-refractivity contribution in [3.63, 3.8) is 0 Å². The predicted octanol–water partition coefficient (Wildman–Crippen LogP) is 3.95. The van der Waals surface area contributed by atoms with Crippen LogP contribution in [0.25, 0.3) is 10.2 Å².